The summed E-state index contributed by atoms with van der Waals surface area (Å²) in [6, 6.07) is 8.79. The summed E-state index contributed by atoms with van der Waals surface area (Å²) in [5, 5.41) is 3.35. The van der Waals surface area contributed by atoms with Crippen molar-refractivity contribution in [2.75, 3.05) is 23.9 Å². The summed E-state index contributed by atoms with van der Waals surface area (Å²) in [6.45, 7) is 10.4. The molecular formula is C20H28N4O. The molecule has 3 rings (SSSR count). The van der Waals surface area contributed by atoms with Crippen LogP contribution in [0, 0.1) is 0 Å². The lowest BCUT2D eigenvalue weighted by Gasteiger charge is -2.30. The van der Waals surface area contributed by atoms with Crippen LogP contribution >= 0.6 is 0 Å². The van der Waals surface area contributed by atoms with Crippen LogP contribution in [0.1, 0.15) is 50.4 Å². The molecule has 0 amide bonds. The van der Waals surface area contributed by atoms with Crippen molar-refractivity contribution in [2.24, 2.45) is 0 Å². The number of anilines is 2. The Morgan fingerprint density at radius 1 is 1.08 bits per heavy atom. The second-order valence-electron chi connectivity index (χ2n) is 7.23. The predicted octanol–water partition coefficient (Wildman–Crippen LogP) is 3.99. The fourth-order valence-corrected chi connectivity index (χ4v) is 3.08. The molecule has 5 heteroatoms. The first-order valence-corrected chi connectivity index (χ1v) is 9.02. The lowest BCUT2D eigenvalue weighted by Crippen LogP contribution is -2.31. The van der Waals surface area contributed by atoms with Crippen LogP contribution in [0.2, 0.25) is 0 Å². The zero-order valence-corrected chi connectivity index (χ0v) is 15.8. The molecule has 1 aliphatic heterocycles. The zero-order chi connectivity index (χ0) is 18.0. The molecule has 134 valence electrons. The quantitative estimate of drug-likeness (QED) is 0.892. The Labute approximate surface area is 150 Å². The summed E-state index contributed by atoms with van der Waals surface area (Å²) < 4.78 is 5.34. The Bertz CT molecular complexity index is 742. The van der Waals surface area contributed by atoms with E-state index in [9.17, 15) is 0 Å². The summed E-state index contributed by atoms with van der Waals surface area (Å²) in [6.07, 6.45) is 1.00. The SMILES string of the molecule is COc1ccc2c(c1)CCN(c1cc(C(C)C)nc(NC(C)C)n1)C2. The van der Waals surface area contributed by atoms with Crippen LogP contribution < -0.4 is 15.0 Å². The van der Waals surface area contributed by atoms with E-state index in [0.29, 0.717) is 12.0 Å². The number of ether oxygens (including phenoxy) is 1. The fraction of sp³-hybridized carbons (Fsp3) is 0.500. The van der Waals surface area contributed by atoms with Crippen molar-refractivity contribution in [1.82, 2.24) is 9.97 Å². The Kier molecular flexibility index (Phi) is 5.11. The van der Waals surface area contributed by atoms with Gasteiger partial charge in [0.1, 0.15) is 11.6 Å². The molecule has 1 aromatic carbocycles. The number of benzene rings is 1. The molecular weight excluding hydrogens is 312 g/mol. The van der Waals surface area contributed by atoms with Gasteiger partial charge in [0.05, 0.1) is 12.8 Å². The zero-order valence-electron chi connectivity index (χ0n) is 15.8. The first kappa shape index (κ1) is 17.5. The largest absolute Gasteiger partial charge is 0.497 e. The summed E-state index contributed by atoms with van der Waals surface area (Å²) in [7, 11) is 1.72. The Morgan fingerprint density at radius 3 is 2.56 bits per heavy atom. The number of fused-ring (bicyclic) bond motifs is 1. The molecule has 0 bridgehead atoms. The standard InChI is InChI=1S/C20H28N4O/c1-13(2)18-11-19(23-20(22-18)21-14(3)4)24-9-8-15-10-17(25-5)7-6-16(15)12-24/h6-7,10-11,13-14H,8-9,12H2,1-5H3,(H,21,22,23). The molecule has 5 nitrogen and oxygen atoms in total. The first-order chi connectivity index (χ1) is 12.0. The van der Waals surface area contributed by atoms with Gasteiger partial charge in [-0.05, 0) is 49.4 Å². The maximum atomic E-state index is 5.34. The van der Waals surface area contributed by atoms with E-state index in [1.165, 1.54) is 11.1 Å². The third-order valence-electron chi connectivity index (χ3n) is 4.49. The molecule has 0 saturated heterocycles. The Morgan fingerprint density at radius 2 is 1.88 bits per heavy atom. The first-order valence-electron chi connectivity index (χ1n) is 9.02. The van der Waals surface area contributed by atoms with Gasteiger partial charge in [-0.25, -0.2) is 4.98 Å². The van der Waals surface area contributed by atoms with Crippen LogP contribution in [0.15, 0.2) is 24.3 Å². The fourth-order valence-electron chi connectivity index (χ4n) is 3.08. The normalized spacial score (nSPS) is 14.0. The number of nitrogens with one attached hydrogen (secondary N) is 1. The number of nitrogens with zero attached hydrogens (tertiary/aromatic N) is 3. The summed E-state index contributed by atoms with van der Waals surface area (Å²) in [5.74, 6) is 3.02. The minimum atomic E-state index is 0.310. The van der Waals surface area contributed by atoms with E-state index in [0.717, 1.165) is 42.7 Å². The van der Waals surface area contributed by atoms with Crippen molar-refractivity contribution in [1.29, 1.82) is 0 Å². The van der Waals surface area contributed by atoms with Crippen LogP contribution in [0.5, 0.6) is 5.75 Å². The van der Waals surface area contributed by atoms with Crippen molar-refractivity contribution in [2.45, 2.75) is 52.6 Å². The highest BCUT2D eigenvalue weighted by atomic mass is 16.5. The minimum absolute atomic E-state index is 0.310. The molecule has 0 fully saturated rings. The summed E-state index contributed by atoms with van der Waals surface area (Å²) >= 11 is 0. The van der Waals surface area contributed by atoms with Crippen LogP contribution in [0.3, 0.4) is 0 Å². The molecule has 1 N–H and O–H groups in total. The Balaban J connectivity index is 1.89. The van der Waals surface area contributed by atoms with E-state index in [1.807, 2.05) is 6.07 Å². The topological polar surface area (TPSA) is 50.3 Å². The van der Waals surface area contributed by atoms with Gasteiger partial charge >= 0.3 is 0 Å². The van der Waals surface area contributed by atoms with Gasteiger partial charge < -0.3 is 15.0 Å². The van der Waals surface area contributed by atoms with Gasteiger partial charge in [0.25, 0.3) is 0 Å². The average Bonchev–Trinajstić information content (AvgIpc) is 2.59. The number of methoxy groups -OCH3 is 1. The number of hydrogen-bond donors (Lipinski definition) is 1. The van der Waals surface area contributed by atoms with E-state index in [-0.39, 0.29) is 0 Å². The lowest BCUT2D eigenvalue weighted by atomic mass is 9.99. The van der Waals surface area contributed by atoms with Crippen molar-refractivity contribution < 1.29 is 4.74 Å². The molecule has 0 spiro atoms. The van der Waals surface area contributed by atoms with E-state index in [4.69, 9.17) is 9.72 Å². The lowest BCUT2D eigenvalue weighted by molar-refractivity contribution is 0.413. The predicted molar refractivity (Wildman–Crippen MR) is 103 cm³/mol. The van der Waals surface area contributed by atoms with E-state index >= 15 is 0 Å². The van der Waals surface area contributed by atoms with Gasteiger partial charge in [0.15, 0.2) is 0 Å². The number of rotatable bonds is 5. The molecule has 2 aromatic rings. The summed E-state index contributed by atoms with van der Waals surface area (Å²) in [5.41, 5.74) is 3.79. The van der Waals surface area contributed by atoms with Gasteiger partial charge in [0, 0.05) is 25.2 Å². The van der Waals surface area contributed by atoms with Crippen molar-refractivity contribution in [3.63, 3.8) is 0 Å². The van der Waals surface area contributed by atoms with Crippen LogP contribution in [-0.2, 0) is 13.0 Å². The molecule has 0 aliphatic carbocycles. The molecule has 2 heterocycles. The molecule has 0 radical (unpaired) electrons. The van der Waals surface area contributed by atoms with Gasteiger partial charge in [-0.3, -0.25) is 0 Å². The average molecular weight is 340 g/mol. The van der Waals surface area contributed by atoms with Crippen molar-refractivity contribution in [3.05, 3.63) is 41.1 Å². The maximum Gasteiger partial charge on any atom is 0.225 e. The van der Waals surface area contributed by atoms with Crippen LogP contribution in [0.4, 0.5) is 11.8 Å². The van der Waals surface area contributed by atoms with E-state index in [2.05, 4.69) is 61.1 Å². The van der Waals surface area contributed by atoms with Gasteiger partial charge in [-0.2, -0.15) is 4.98 Å². The molecule has 0 saturated carbocycles. The Hall–Kier alpha value is -2.30. The van der Waals surface area contributed by atoms with Crippen molar-refractivity contribution in [3.8, 4) is 5.75 Å². The van der Waals surface area contributed by atoms with Crippen LogP contribution in [-0.4, -0.2) is 29.7 Å². The van der Waals surface area contributed by atoms with Gasteiger partial charge in [-0.15, -0.1) is 0 Å². The van der Waals surface area contributed by atoms with E-state index in [1.54, 1.807) is 7.11 Å². The summed E-state index contributed by atoms with van der Waals surface area (Å²) in [4.78, 5) is 11.8. The number of hydrogen-bond acceptors (Lipinski definition) is 5. The molecule has 0 unspecified atom stereocenters. The highest BCUT2D eigenvalue weighted by Gasteiger charge is 2.20. The third kappa shape index (κ3) is 4.03. The third-order valence-corrected chi connectivity index (χ3v) is 4.49. The second-order valence-corrected chi connectivity index (χ2v) is 7.23. The van der Waals surface area contributed by atoms with Crippen molar-refractivity contribution >= 4 is 11.8 Å². The molecule has 0 atom stereocenters. The second kappa shape index (κ2) is 7.30. The molecule has 1 aromatic heterocycles. The van der Waals surface area contributed by atoms with Gasteiger partial charge in [0.2, 0.25) is 5.95 Å². The van der Waals surface area contributed by atoms with Crippen LogP contribution in [0.25, 0.3) is 0 Å². The molecule has 25 heavy (non-hydrogen) atoms. The smallest absolute Gasteiger partial charge is 0.225 e. The van der Waals surface area contributed by atoms with E-state index < -0.39 is 0 Å². The maximum absolute atomic E-state index is 5.34. The number of aromatic nitrogens is 2. The highest BCUT2D eigenvalue weighted by molar-refractivity contribution is 5.49. The van der Waals surface area contributed by atoms with Gasteiger partial charge in [-0.1, -0.05) is 19.9 Å². The molecule has 1 aliphatic rings. The minimum Gasteiger partial charge on any atom is -0.497 e. The highest BCUT2D eigenvalue weighted by Crippen LogP contribution is 2.28. The monoisotopic (exact) mass is 340 g/mol.